The molecular weight excluding hydrogens is 240 g/mol. The fraction of sp³-hybridized carbons (Fsp3) is 0.667. The number of nitrogens with two attached hydrogens (primary N) is 1. The van der Waals surface area contributed by atoms with E-state index in [4.69, 9.17) is 17.3 Å². The van der Waals surface area contributed by atoms with Crippen molar-refractivity contribution in [2.75, 3.05) is 7.05 Å². The molecule has 2 nitrogen and oxygen atoms in total. The summed E-state index contributed by atoms with van der Waals surface area (Å²) >= 11 is 7.56. The first-order valence-corrected chi connectivity index (χ1v) is 7.08. The molecule has 1 atom stereocenters. The summed E-state index contributed by atoms with van der Waals surface area (Å²) in [5, 5.41) is 3.35. The molecule has 1 heterocycles. The summed E-state index contributed by atoms with van der Waals surface area (Å²) in [6.45, 7) is 0. The smallest absolute Gasteiger partial charge is 0.0931 e. The van der Waals surface area contributed by atoms with Crippen molar-refractivity contribution in [1.82, 2.24) is 5.32 Å². The highest BCUT2D eigenvalue weighted by molar-refractivity contribution is 7.16. The predicted molar refractivity (Wildman–Crippen MR) is 71.1 cm³/mol. The van der Waals surface area contributed by atoms with Gasteiger partial charge in [-0.05, 0) is 50.8 Å². The predicted octanol–water partition coefficient (Wildman–Crippen LogP) is 3.18. The standard InChI is InChI=1S/C12H19ClN2S/c1-15-9-4-2-8(3-5-9)12(14)10-6-7-11(13)16-10/h6-9,12,15H,2-5,14H2,1H3. The van der Waals surface area contributed by atoms with Crippen LogP contribution in [-0.4, -0.2) is 13.1 Å². The quantitative estimate of drug-likeness (QED) is 0.874. The van der Waals surface area contributed by atoms with Crippen molar-refractivity contribution in [3.8, 4) is 0 Å². The first-order chi connectivity index (χ1) is 7.70. The lowest BCUT2D eigenvalue weighted by atomic mass is 9.81. The van der Waals surface area contributed by atoms with Gasteiger partial charge in [-0.25, -0.2) is 0 Å². The van der Waals surface area contributed by atoms with Crippen LogP contribution in [0.1, 0.15) is 36.6 Å². The maximum Gasteiger partial charge on any atom is 0.0931 e. The zero-order valence-electron chi connectivity index (χ0n) is 9.58. The third kappa shape index (κ3) is 2.77. The fourth-order valence-electron chi connectivity index (χ4n) is 2.51. The molecule has 0 amide bonds. The van der Waals surface area contributed by atoms with Gasteiger partial charge >= 0.3 is 0 Å². The number of thiophene rings is 1. The Balaban J connectivity index is 1.93. The van der Waals surface area contributed by atoms with Gasteiger partial charge in [-0.2, -0.15) is 0 Å². The number of halogens is 1. The summed E-state index contributed by atoms with van der Waals surface area (Å²) in [5.41, 5.74) is 6.30. The lowest BCUT2D eigenvalue weighted by Crippen LogP contribution is -2.33. The average Bonchev–Trinajstić information content (AvgIpc) is 2.75. The van der Waals surface area contributed by atoms with Gasteiger partial charge in [-0.15, -0.1) is 11.3 Å². The normalized spacial score (nSPS) is 27.9. The number of nitrogens with one attached hydrogen (secondary N) is 1. The first-order valence-electron chi connectivity index (χ1n) is 5.88. The molecule has 2 rings (SSSR count). The second-order valence-electron chi connectivity index (χ2n) is 4.57. The molecule has 0 aromatic carbocycles. The van der Waals surface area contributed by atoms with E-state index in [2.05, 4.69) is 11.4 Å². The molecule has 0 bridgehead atoms. The third-order valence-corrected chi connectivity index (χ3v) is 4.94. The number of rotatable bonds is 3. The third-order valence-electron chi connectivity index (χ3n) is 3.61. The molecule has 4 heteroatoms. The minimum Gasteiger partial charge on any atom is -0.323 e. The van der Waals surface area contributed by atoms with Crippen LogP contribution in [-0.2, 0) is 0 Å². The van der Waals surface area contributed by atoms with Crippen molar-refractivity contribution in [1.29, 1.82) is 0 Å². The molecule has 1 aromatic heterocycles. The van der Waals surface area contributed by atoms with Crippen molar-refractivity contribution < 1.29 is 0 Å². The van der Waals surface area contributed by atoms with E-state index in [0.717, 1.165) is 4.34 Å². The van der Waals surface area contributed by atoms with Crippen LogP contribution in [0.15, 0.2) is 12.1 Å². The van der Waals surface area contributed by atoms with Crippen LogP contribution in [0.2, 0.25) is 4.34 Å². The van der Waals surface area contributed by atoms with Crippen molar-refractivity contribution in [3.63, 3.8) is 0 Å². The highest BCUT2D eigenvalue weighted by Gasteiger charge is 2.26. The molecule has 1 fully saturated rings. The summed E-state index contributed by atoms with van der Waals surface area (Å²) in [4.78, 5) is 1.23. The van der Waals surface area contributed by atoms with E-state index < -0.39 is 0 Å². The highest BCUT2D eigenvalue weighted by atomic mass is 35.5. The lowest BCUT2D eigenvalue weighted by molar-refractivity contribution is 0.268. The molecular formula is C12H19ClN2S. The van der Waals surface area contributed by atoms with Crippen LogP contribution < -0.4 is 11.1 Å². The molecule has 0 aliphatic heterocycles. The van der Waals surface area contributed by atoms with Crippen LogP contribution >= 0.6 is 22.9 Å². The first kappa shape index (κ1) is 12.4. The van der Waals surface area contributed by atoms with E-state index in [1.807, 2.05) is 13.1 Å². The van der Waals surface area contributed by atoms with Gasteiger partial charge in [0.25, 0.3) is 0 Å². The molecule has 1 unspecified atom stereocenters. The van der Waals surface area contributed by atoms with Gasteiger partial charge in [0.1, 0.15) is 0 Å². The van der Waals surface area contributed by atoms with Crippen LogP contribution in [0.3, 0.4) is 0 Å². The summed E-state index contributed by atoms with van der Waals surface area (Å²) in [6.07, 6.45) is 4.94. The van der Waals surface area contributed by atoms with E-state index >= 15 is 0 Å². The SMILES string of the molecule is CNC1CCC(C(N)c2ccc(Cl)s2)CC1. The van der Waals surface area contributed by atoms with E-state index in [9.17, 15) is 0 Å². The topological polar surface area (TPSA) is 38.0 Å². The Morgan fingerprint density at radius 1 is 1.38 bits per heavy atom. The van der Waals surface area contributed by atoms with Gasteiger partial charge in [0.05, 0.1) is 4.34 Å². The second-order valence-corrected chi connectivity index (χ2v) is 6.31. The van der Waals surface area contributed by atoms with Crippen LogP contribution in [0.4, 0.5) is 0 Å². The molecule has 1 aliphatic carbocycles. The van der Waals surface area contributed by atoms with Gasteiger partial charge < -0.3 is 11.1 Å². The van der Waals surface area contributed by atoms with Gasteiger partial charge in [0.2, 0.25) is 0 Å². The molecule has 0 spiro atoms. The van der Waals surface area contributed by atoms with Gasteiger partial charge in [0, 0.05) is 17.0 Å². The average molecular weight is 259 g/mol. The Bertz CT molecular complexity index is 332. The van der Waals surface area contributed by atoms with Gasteiger partial charge in [-0.3, -0.25) is 0 Å². The monoisotopic (exact) mass is 258 g/mol. The largest absolute Gasteiger partial charge is 0.323 e. The number of hydrogen-bond donors (Lipinski definition) is 2. The fourth-order valence-corrected chi connectivity index (χ4v) is 3.66. The van der Waals surface area contributed by atoms with E-state index in [-0.39, 0.29) is 6.04 Å². The van der Waals surface area contributed by atoms with Crippen molar-refractivity contribution >= 4 is 22.9 Å². The summed E-state index contributed by atoms with van der Waals surface area (Å²) < 4.78 is 0.842. The maximum atomic E-state index is 6.30. The molecule has 90 valence electrons. The Morgan fingerprint density at radius 3 is 2.56 bits per heavy atom. The van der Waals surface area contributed by atoms with Crippen LogP contribution in [0, 0.1) is 5.92 Å². The second kappa shape index (κ2) is 5.50. The molecule has 1 saturated carbocycles. The Hall–Kier alpha value is -0.0900. The Kier molecular flexibility index (Phi) is 4.25. The van der Waals surface area contributed by atoms with Gasteiger partial charge in [0.15, 0.2) is 0 Å². The van der Waals surface area contributed by atoms with Crippen molar-refractivity contribution in [2.45, 2.75) is 37.8 Å². The zero-order valence-corrected chi connectivity index (χ0v) is 11.2. The molecule has 3 N–H and O–H groups in total. The van der Waals surface area contributed by atoms with Crippen molar-refractivity contribution in [3.05, 3.63) is 21.3 Å². The zero-order chi connectivity index (χ0) is 11.5. The minimum absolute atomic E-state index is 0.176. The molecule has 0 radical (unpaired) electrons. The van der Waals surface area contributed by atoms with E-state index in [0.29, 0.717) is 12.0 Å². The maximum absolute atomic E-state index is 6.30. The highest BCUT2D eigenvalue weighted by Crippen LogP contribution is 2.36. The molecule has 1 aromatic rings. The van der Waals surface area contributed by atoms with Gasteiger partial charge in [-0.1, -0.05) is 11.6 Å². The van der Waals surface area contributed by atoms with Crippen molar-refractivity contribution in [2.24, 2.45) is 11.7 Å². The summed E-state index contributed by atoms with van der Waals surface area (Å²) in [7, 11) is 2.05. The Morgan fingerprint density at radius 2 is 2.06 bits per heavy atom. The Labute approximate surface area is 106 Å². The number of hydrogen-bond acceptors (Lipinski definition) is 3. The summed E-state index contributed by atoms with van der Waals surface area (Å²) in [6, 6.07) is 4.88. The van der Waals surface area contributed by atoms with Crippen LogP contribution in [0.25, 0.3) is 0 Å². The van der Waals surface area contributed by atoms with E-state index in [1.165, 1.54) is 30.6 Å². The molecule has 1 aliphatic rings. The minimum atomic E-state index is 0.176. The lowest BCUT2D eigenvalue weighted by Gasteiger charge is -2.31. The summed E-state index contributed by atoms with van der Waals surface area (Å²) in [5.74, 6) is 0.624. The van der Waals surface area contributed by atoms with E-state index in [1.54, 1.807) is 11.3 Å². The van der Waals surface area contributed by atoms with Crippen LogP contribution in [0.5, 0.6) is 0 Å². The molecule has 0 saturated heterocycles. The molecule has 16 heavy (non-hydrogen) atoms.